The summed E-state index contributed by atoms with van der Waals surface area (Å²) < 4.78 is 1.58. The number of para-hydroxylation sites is 1. The number of carboxylic acids is 1. The first-order chi connectivity index (χ1) is 9.47. The Bertz CT molecular complexity index is 663. The van der Waals surface area contributed by atoms with Gasteiger partial charge in [0.1, 0.15) is 0 Å². The van der Waals surface area contributed by atoms with Gasteiger partial charge in [0.15, 0.2) is 0 Å². The second kappa shape index (κ2) is 5.43. The number of benzene rings is 1. The van der Waals surface area contributed by atoms with Gasteiger partial charge in [-0.2, -0.15) is 5.10 Å². The number of hydrogen-bond donors (Lipinski definition) is 3. The summed E-state index contributed by atoms with van der Waals surface area (Å²) in [5, 5.41) is 18.3. The average Bonchev–Trinajstić information content (AvgIpc) is 2.68. The number of nitrogens with one attached hydrogen (secondary N) is 2. The zero-order valence-corrected chi connectivity index (χ0v) is 11.0. The van der Waals surface area contributed by atoms with E-state index in [-0.39, 0.29) is 11.3 Å². The lowest BCUT2D eigenvalue weighted by molar-refractivity contribution is 0.0698. The molecule has 0 fully saturated rings. The number of carboxylic acid groups (broad SMARTS) is 1. The molecule has 7 heteroatoms. The van der Waals surface area contributed by atoms with Gasteiger partial charge in [0.05, 0.1) is 22.6 Å². The predicted octanol–water partition coefficient (Wildman–Crippen LogP) is 2.07. The first-order valence-corrected chi connectivity index (χ1v) is 5.88. The Balaban J connectivity index is 2.13. The van der Waals surface area contributed by atoms with Crippen LogP contribution in [0.2, 0.25) is 0 Å². The number of carbonyl (C=O) groups is 2. The lowest BCUT2D eigenvalue weighted by atomic mass is 10.2. The van der Waals surface area contributed by atoms with Gasteiger partial charge in [-0.15, -0.1) is 0 Å². The molecule has 104 valence electrons. The Morgan fingerprint density at radius 1 is 1.20 bits per heavy atom. The van der Waals surface area contributed by atoms with Crippen LogP contribution in [-0.2, 0) is 7.05 Å². The average molecular weight is 274 g/mol. The first-order valence-electron chi connectivity index (χ1n) is 5.88. The van der Waals surface area contributed by atoms with Gasteiger partial charge >= 0.3 is 12.0 Å². The maximum atomic E-state index is 11.9. The molecule has 0 saturated heterocycles. The van der Waals surface area contributed by atoms with Crippen LogP contribution in [-0.4, -0.2) is 26.9 Å². The minimum absolute atomic E-state index is 0.0329. The van der Waals surface area contributed by atoms with Crippen LogP contribution in [0.4, 0.5) is 16.2 Å². The van der Waals surface area contributed by atoms with E-state index >= 15 is 0 Å². The van der Waals surface area contributed by atoms with Gasteiger partial charge in [0.25, 0.3) is 0 Å². The zero-order chi connectivity index (χ0) is 14.7. The Kier molecular flexibility index (Phi) is 3.69. The standard InChI is InChI=1S/C13H14N4O3/c1-8-11(7-17(2)16-8)15-13(20)14-10-6-4-3-5-9(10)12(18)19/h3-7H,1-2H3,(H,18,19)(H2,14,15,20). The molecule has 0 atom stereocenters. The molecule has 1 heterocycles. The highest BCUT2D eigenvalue weighted by Crippen LogP contribution is 2.16. The molecule has 0 aliphatic rings. The van der Waals surface area contributed by atoms with Crippen molar-refractivity contribution in [3.05, 3.63) is 41.7 Å². The Morgan fingerprint density at radius 2 is 1.85 bits per heavy atom. The van der Waals surface area contributed by atoms with Crippen LogP contribution in [0.5, 0.6) is 0 Å². The molecule has 1 aromatic carbocycles. The van der Waals surface area contributed by atoms with E-state index in [0.29, 0.717) is 11.4 Å². The van der Waals surface area contributed by atoms with Crippen LogP contribution >= 0.6 is 0 Å². The highest BCUT2D eigenvalue weighted by Gasteiger charge is 2.13. The van der Waals surface area contributed by atoms with Crippen molar-refractivity contribution < 1.29 is 14.7 Å². The normalized spacial score (nSPS) is 10.1. The smallest absolute Gasteiger partial charge is 0.337 e. The van der Waals surface area contributed by atoms with Crippen molar-refractivity contribution in [3.63, 3.8) is 0 Å². The van der Waals surface area contributed by atoms with Crippen LogP contribution in [0.3, 0.4) is 0 Å². The molecule has 0 bridgehead atoms. The Morgan fingerprint density at radius 3 is 2.45 bits per heavy atom. The second-order valence-electron chi connectivity index (χ2n) is 4.23. The van der Waals surface area contributed by atoms with Crippen molar-refractivity contribution in [2.45, 2.75) is 6.92 Å². The van der Waals surface area contributed by atoms with Crippen molar-refractivity contribution in [3.8, 4) is 0 Å². The van der Waals surface area contributed by atoms with Crippen molar-refractivity contribution in [2.75, 3.05) is 10.6 Å². The molecule has 0 aliphatic heterocycles. The molecule has 0 unspecified atom stereocenters. The van der Waals surface area contributed by atoms with E-state index in [1.165, 1.54) is 12.1 Å². The largest absolute Gasteiger partial charge is 0.478 e. The van der Waals surface area contributed by atoms with Gasteiger partial charge in [0, 0.05) is 13.2 Å². The van der Waals surface area contributed by atoms with E-state index in [1.807, 2.05) is 0 Å². The number of nitrogens with zero attached hydrogens (tertiary/aromatic N) is 2. The second-order valence-corrected chi connectivity index (χ2v) is 4.23. The Hall–Kier alpha value is -2.83. The summed E-state index contributed by atoms with van der Waals surface area (Å²) in [5.41, 5.74) is 1.51. The quantitative estimate of drug-likeness (QED) is 0.798. The van der Waals surface area contributed by atoms with Crippen LogP contribution in [0.25, 0.3) is 0 Å². The SMILES string of the molecule is Cc1nn(C)cc1NC(=O)Nc1ccccc1C(=O)O. The van der Waals surface area contributed by atoms with E-state index in [1.54, 1.807) is 37.0 Å². The zero-order valence-electron chi connectivity index (χ0n) is 11.0. The summed E-state index contributed by atoms with van der Waals surface area (Å²) in [5.74, 6) is -1.10. The summed E-state index contributed by atoms with van der Waals surface area (Å²) in [4.78, 5) is 22.9. The third kappa shape index (κ3) is 2.94. The molecule has 0 aliphatic carbocycles. The monoisotopic (exact) mass is 274 g/mol. The fourth-order valence-electron chi connectivity index (χ4n) is 1.78. The summed E-state index contributed by atoms with van der Waals surface area (Å²) in [6, 6.07) is 5.68. The maximum Gasteiger partial charge on any atom is 0.337 e. The number of rotatable bonds is 3. The molecule has 20 heavy (non-hydrogen) atoms. The number of urea groups is 1. The number of anilines is 2. The van der Waals surface area contributed by atoms with E-state index in [9.17, 15) is 9.59 Å². The molecule has 2 rings (SSSR count). The van der Waals surface area contributed by atoms with E-state index in [0.717, 1.165) is 0 Å². The number of aryl methyl sites for hydroxylation is 2. The van der Waals surface area contributed by atoms with E-state index in [2.05, 4.69) is 15.7 Å². The van der Waals surface area contributed by atoms with Crippen LogP contribution < -0.4 is 10.6 Å². The van der Waals surface area contributed by atoms with Crippen molar-refractivity contribution in [1.82, 2.24) is 9.78 Å². The third-order valence-electron chi connectivity index (χ3n) is 2.67. The van der Waals surface area contributed by atoms with Gasteiger partial charge in [-0.25, -0.2) is 9.59 Å². The molecule has 2 aromatic rings. The predicted molar refractivity (Wildman–Crippen MR) is 74.0 cm³/mol. The molecule has 7 nitrogen and oxygen atoms in total. The number of amides is 2. The van der Waals surface area contributed by atoms with Gasteiger partial charge < -0.3 is 15.7 Å². The summed E-state index contributed by atoms with van der Waals surface area (Å²) in [6.45, 7) is 1.76. The highest BCUT2D eigenvalue weighted by atomic mass is 16.4. The lowest BCUT2D eigenvalue weighted by Gasteiger charge is -2.09. The molecule has 2 amide bonds. The maximum absolute atomic E-state index is 11.9. The highest BCUT2D eigenvalue weighted by molar-refractivity contribution is 6.04. The summed E-state index contributed by atoms with van der Waals surface area (Å²) >= 11 is 0. The fraction of sp³-hybridized carbons (Fsp3) is 0.154. The molecule has 3 N–H and O–H groups in total. The van der Waals surface area contributed by atoms with Crippen LogP contribution in [0.1, 0.15) is 16.1 Å². The summed E-state index contributed by atoms with van der Waals surface area (Å²) in [6.07, 6.45) is 1.66. The number of aromatic nitrogens is 2. The number of carbonyl (C=O) groups excluding carboxylic acids is 1. The fourth-order valence-corrected chi connectivity index (χ4v) is 1.78. The molecule has 0 saturated carbocycles. The molecular weight excluding hydrogens is 260 g/mol. The minimum Gasteiger partial charge on any atom is -0.478 e. The summed E-state index contributed by atoms with van der Waals surface area (Å²) in [7, 11) is 1.75. The van der Waals surface area contributed by atoms with Crippen LogP contribution in [0, 0.1) is 6.92 Å². The van der Waals surface area contributed by atoms with E-state index in [4.69, 9.17) is 5.11 Å². The molecule has 0 radical (unpaired) electrons. The van der Waals surface area contributed by atoms with Crippen molar-refractivity contribution in [2.24, 2.45) is 7.05 Å². The Labute approximate surface area is 115 Å². The third-order valence-corrected chi connectivity index (χ3v) is 2.67. The topological polar surface area (TPSA) is 96.3 Å². The number of aromatic carboxylic acids is 1. The van der Waals surface area contributed by atoms with Gasteiger partial charge in [0.2, 0.25) is 0 Å². The van der Waals surface area contributed by atoms with Gasteiger partial charge in [-0.1, -0.05) is 12.1 Å². The van der Waals surface area contributed by atoms with Gasteiger partial charge in [-0.3, -0.25) is 4.68 Å². The van der Waals surface area contributed by atoms with Crippen molar-refractivity contribution in [1.29, 1.82) is 0 Å². The molecular formula is C13H14N4O3. The molecule has 1 aromatic heterocycles. The van der Waals surface area contributed by atoms with Crippen molar-refractivity contribution >= 4 is 23.4 Å². The van der Waals surface area contributed by atoms with E-state index < -0.39 is 12.0 Å². The number of hydrogen-bond acceptors (Lipinski definition) is 3. The minimum atomic E-state index is -1.10. The van der Waals surface area contributed by atoms with Crippen LogP contribution in [0.15, 0.2) is 30.5 Å². The molecule has 0 spiro atoms. The first kappa shape index (κ1) is 13.6. The van der Waals surface area contributed by atoms with Gasteiger partial charge in [-0.05, 0) is 19.1 Å². The lowest BCUT2D eigenvalue weighted by Crippen LogP contribution is -2.21.